The molecule has 2 rings (SSSR count). The third-order valence-corrected chi connectivity index (χ3v) is 2.31. The molecule has 0 bridgehead atoms. The van der Waals surface area contributed by atoms with E-state index in [4.69, 9.17) is 5.73 Å². The van der Waals surface area contributed by atoms with Crippen LogP contribution in [0, 0.1) is 6.92 Å². The van der Waals surface area contributed by atoms with Gasteiger partial charge in [0.05, 0.1) is 0 Å². The number of nitrogens with zero attached hydrogens (tertiary/aromatic N) is 2. The van der Waals surface area contributed by atoms with E-state index < -0.39 is 0 Å². The van der Waals surface area contributed by atoms with Crippen LogP contribution in [0.1, 0.15) is 5.56 Å². The summed E-state index contributed by atoms with van der Waals surface area (Å²) in [7, 11) is 1.69. The van der Waals surface area contributed by atoms with Gasteiger partial charge in [0, 0.05) is 18.5 Å². The van der Waals surface area contributed by atoms with Crippen LogP contribution in [0.15, 0.2) is 23.0 Å². The Bertz CT molecular complexity index is 557. The molecule has 2 N–H and O–H groups in total. The van der Waals surface area contributed by atoms with E-state index in [2.05, 4.69) is 4.98 Å². The molecule has 0 saturated heterocycles. The van der Waals surface area contributed by atoms with Crippen LogP contribution in [0.4, 0.5) is 5.82 Å². The lowest BCUT2D eigenvalue weighted by Crippen LogP contribution is -2.17. The molecular weight excluding hydrogens is 178 g/mol. The Kier molecular flexibility index (Phi) is 1.77. The maximum atomic E-state index is 11.4. The van der Waals surface area contributed by atoms with Gasteiger partial charge in [0.2, 0.25) is 0 Å². The van der Waals surface area contributed by atoms with Gasteiger partial charge in [-0.15, -0.1) is 0 Å². The van der Waals surface area contributed by atoms with E-state index in [1.807, 2.05) is 13.0 Å². The van der Waals surface area contributed by atoms with Crippen molar-refractivity contribution >= 4 is 16.9 Å². The fraction of sp³-hybridized carbons (Fsp3) is 0.200. The molecule has 0 radical (unpaired) electrons. The second kappa shape index (κ2) is 2.83. The molecule has 0 aromatic carbocycles. The summed E-state index contributed by atoms with van der Waals surface area (Å²) in [5, 5.41) is 0.960. The third kappa shape index (κ3) is 1.16. The van der Waals surface area contributed by atoms with Crippen molar-refractivity contribution in [2.45, 2.75) is 6.92 Å². The number of hydrogen-bond acceptors (Lipinski definition) is 3. The SMILES string of the molecule is Cc1cc(=O)n(C)c2nc(N)ccc12. The van der Waals surface area contributed by atoms with E-state index in [1.54, 1.807) is 19.2 Å². The minimum Gasteiger partial charge on any atom is -0.384 e. The van der Waals surface area contributed by atoms with Gasteiger partial charge in [-0.05, 0) is 24.6 Å². The van der Waals surface area contributed by atoms with Crippen molar-refractivity contribution in [3.8, 4) is 0 Å². The predicted molar refractivity (Wildman–Crippen MR) is 56.1 cm³/mol. The molecular formula is C10H11N3O. The molecule has 0 fully saturated rings. The van der Waals surface area contributed by atoms with Crippen LogP contribution in [-0.4, -0.2) is 9.55 Å². The predicted octanol–water partition coefficient (Wildman–Crippen LogP) is 0.824. The average molecular weight is 189 g/mol. The molecule has 0 aliphatic heterocycles. The highest BCUT2D eigenvalue weighted by Crippen LogP contribution is 2.14. The molecule has 2 heterocycles. The zero-order valence-corrected chi connectivity index (χ0v) is 8.11. The van der Waals surface area contributed by atoms with Crippen molar-refractivity contribution in [3.63, 3.8) is 0 Å². The number of hydrogen-bond donors (Lipinski definition) is 1. The molecule has 4 nitrogen and oxygen atoms in total. The second-order valence-corrected chi connectivity index (χ2v) is 3.33. The first kappa shape index (κ1) is 8.74. The lowest BCUT2D eigenvalue weighted by Gasteiger charge is -2.06. The highest BCUT2D eigenvalue weighted by molar-refractivity contribution is 5.80. The van der Waals surface area contributed by atoms with Crippen LogP contribution >= 0.6 is 0 Å². The third-order valence-electron chi connectivity index (χ3n) is 2.31. The summed E-state index contributed by atoms with van der Waals surface area (Å²) in [6.07, 6.45) is 0. The van der Waals surface area contributed by atoms with E-state index in [9.17, 15) is 4.79 Å². The van der Waals surface area contributed by atoms with Crippen LogP contribution in [0.5, 0.6) is 0 Å². The Morgan fingerprint density at radius 2 is 2.14 bits per heavy atom. The Balaban J connectivity index is 3.03. The highest BCUT2D eigenvalue weighted by Gasteiger charge is 2.04. The van der Waals surface area contributed by atoms with Gasteiger partial charge in [-0.25, -0.2) is 4.98 Å². The van der Waals surface area contributed by atoms with E-state index in [1.165, 1.54) is 4.57 Å². The van der Waals surface area contributed by atoms with E-state index in [-0.39, 0.29) is 5.56 Å². The summed E-state index contributed by atoms with van der Waals surface area (Å²) in [6.45, 7) is 1.89. The first-order chi connectivity index (χ1) is 6.59. The van der Waals surface area contributed by atoms with Crippen molar-refractivity contribution < 1.29 is 0 Å². The normalized spacial score (nSPS) is 10.7. The van der Waals surface area contributed by atoms with Gasteiger partial charge in [0.25, 0.3) is 5.56 Å². The Morgan fingerprint density at radius 3 is 2.86 bits per heavy atom. The monoisotopic (exact) mass is 189 g/mol. The smallest absolute Gasteiger partial charge is 0.252 e. The van der Waals surface area contributed by atoms with Crippen LogP contribution in [-0.2, 0) is 7.05 Å². The number of anilines is 1. The summed E-state index contributed by atoms with van der Waals surface area (Å²) in [4.78, 5) is 15.6. The fourth-order valence-corrected chi connectivity index (χ4v) is 1.49. The summed E-state index contributed by atoms with van der Waals surface area (Å²) in [5.41, 5.74) is 7.07. The van der Waals surface area contributed by atoms with Gasteiger partial charge in [-0.3, -0.25) is 9.36 Å². The average Bonchev–Trinajstić information content (AvgIpc) is 2.14. The van der Waals surface area contributed by atoms with Gasteiger partial charge in [0.1, 0.15) is 11.5 Å². The topological polar surface area (TPSA) is 60.9 Å². The number of nitrogens with two attached hydrogens (primary N) is 1. The summed E-state index contributed by atoms with van der Waals surface area (Å²) in [5.74, 6) is 0.429. The van der Waals surface area contributed by atoms with Gasteiger partial charge < -0.3 is 5.73 Å². The Labute approximate surface area is 81.0 Å². The largest absolute Gasteiger partial charge is 0.384 e. The highest BCUT2D eigenvalue weighted by atomic mass is 16.1. The second-order valence-electron chi connectivity index (χ2n) is 3.33. The maximum absolute atomic E-state index is 11.4. The van der Waals surface area contributed by atoms with Crippen molar-refractivity contribution in [2.75, 3.05) is 5.73 Å². The molecule has 0 unspecified atom stereocenters. The van der Waals surface area contributed by atoms with E-state index in [0.717, 1.165) is 10.9 Å². The number of rotatable bonds is 0. The molecule has 0 aliphatic rings. The standard InChI is InChI=1S/C10H11N3O/c1-6-5-9(14)13(2)10-7(6)3-4-8(11)12-10/h3-5H,1-2H3,(H2,11,12). The molecule has 14 heavy (non-hydrogen) atoms. The molecule has 2 aromatic rings. The zero-order chi connectivity index (χ0) is 10.3. The van der Waals surface area contributed by atoms with Gasteiger partial charge in [0.15, 0.2) is 0 Å². The zero-order valence-electron chi connectivity index (χ0n) is 8.11. The van der Waals surface area contributed by atoms with Gasteiger partial charge >= 0.3 is 0 Å². The fourth-order valence-electron chi connectivity index (χ4n) is 1.49. The minimum absolute atomic E-state index is 0.0619. The molecule has 0 aliphatic carbocycles. The number of aryl methyl sites for hydroxylation is 2. The van der Waals surface area contributed by atoms with Crippen LogP contribution < -0.4 is 11.3 Å². The van der Waals surface area contributed by atoms with Crippen LogP contribution in [0.3, 0.4) is 0 Å². The van der Waals surface area contributed by atoms with E-state index >= 15 is 0 Å². The summed E-state index contributed by atoms with van der Waals surface area (Å²) in [6, 6.07) is 5.21. The first-order valence-electron chi connectivity index (χ1n) is 4.32. The Morgan fingerprint density at radius 1 is 1.43 bits per heavy atom. The number of fused-ring (bicyclic) bond motifs is 1. The Hall–Kier alpha value is -1.84. The maximum Gasteiger partial charge on any atom is 0.252 e. The van der Waals surface area contributed by atoms with Crippen molar-refractivity contribution in [3.05, 3.63) is 34.1 Å². The number of nitrogen functional groups attached to an aromatic ring is 1. The molecule has 0 amide bonds. The molecule has 0 spiro atoms. The van der Waals surface area contributed by atoms with Crippen LogP contribution in [0.25, 0.3) is 11.0 Å². The van der Waals surface area contributed by atoms with E-state index in [0.29, 0.717) is 11.5 Å². The van der Waals surface area contributed by atoms with Crippen LogP contribution in [0.2, 0.25) is 0 Å². The van der Waals surface area contributed by atoms with Gasteiger partial charge in [-0.1, -0.05) is 0 Å². The molecule has 2 aromatic heterocycles. The summed E-state index contributed by atoms with van der Waals surface area (Å²) < 4.78 is 1.50. The molecule has 4 heteroatoms. The lowest BCUT2D eigenvalue weighted by atomic mass is 10.2. The lowest BCUT2D eigenvalue weighted by molar-refractivity contribution is 0.886. The number of aromatic nitrogens is 2. The minimum atomic E-state index is -0.0619. The number of pyridine rings is 2. The molecule has 72 valence electrons. The van der Waals surface area contributed by atoms with Gasteiger partial charge in [-0.2, -0.15) is 0 Å². The van der Waals surface area contributed by atoms with Crippen molar-refractivity contribution in [1.82, 2.24) is 9.55 Å². The van der Waals surface area contributed by atoms with Crippen molar-refractivity contribution in [2.24, 2.45) is 7.05 Å². The molecule has 0 atom stereocenters. The quantitative estimate of drug-likeness (QED) is 0.667. The van der Waals surface area contributed by atoms with Crippen molar-refractivity contribution in [1.29, 1.82) is 0 Å². The first-order valence-corrected chi connectivity index (χ1v) is 4.32. The summed E-state index contributed by atoms with van der Waals surface area (Å²) >= 11 is 0. The molecule has 0 saturated carbocycles.